The molecule has 1 aromatic heterocycles. The Morgan fingerprint density at radius 2 is 2.04 bits per heavy atom. The first-order chi connectivity index (χ1) is 12.6. The van der Waals surface area contributed by atoms with Gasteiger partial charge in [-0.1, -0.05) is 0 Å². The van der Waals surface area contributed by atoms with Crippen LogP contribution in [0.25, 0.3) is 11.4 Å². The van der Waals surface area contributed by atoms with Gasteiger partial charge in [0.15, 0.2) is 5.75 Å². The molecule has 132 valence electrons. The van der Waals surface area contributed by atoms with Crippen molar-refractivity contribution in [1.29, 1.82) is 0 Å². The summed E-state index contributed by atoms with van der Waals surface area (Å²) in [5.41, 5.74) is 1.15. The summed E-state index contributed by atoms with van der Waals surface area (Å²) in [6, 6.07) is 10.9. The van der Waals surface area contributed by atoms with E-state index in [2.05, 4.69) is 25.9 Å². The molecule has 0 fully saturated rings. The summed E-state index contributed by atoms with van der Waals surface area (Å²) in [6.45, 7) is 2.02. The Kier molecular flexibility index (Phi) is 4.83. The molecule has 0 aliphatic heterocycles. The zero-order valence-corrected chi connectivity index (χ0v) is 13.7. The molecule has 0 unspecified atom stereocenters. The third-order valence-corrected chi connectivity index (χ3v) is 3.46. The van der Waals surface area contributed by atoms with Crippen LogP contribution in [0.2, 0.25) is 0 Å². The van der Waals surface area contributed by atoms with Crippen molar-refractivity contribution in [2.45, 2.75) is 6.92 Å². The van der Waals surface area contributed by atoms with Crippen LogP contribution in [0.5, 0.6) is 5.75 Å². The lowest BCUT2D eigenvalue weighted by Crippen LogP contribution is -2.12. The quantitative estimate of drug-likeness (QED) is 0.512. The van der Waals surface area contributed by atoms with Crippen molar-refractivity contribution in [3.8, 4) is 17.1 Å². The lowest BCUT2D eigenvalue weighted by molar-refractivity contribution is -0.385. The Morgan fingerprint density at radius 1 is 1.27 bits per heavy atom. The van der Waals surface area contributed by atoms with Crippen LogP contribution < -0.4 is 10.1 Å². The maximum absolute atomic E-state index is 12.4. The molecule has 0 bridgehead atoms. The van der Waals surface area contributed by atoms with Crippen molar-refractivity contribution in [1.82, 2.24) is 20.6 Å². The summed E-state index contributed by atoms with van der Waals surface area (Å²) >= 11 is 0. The number of aromatic amines is 1. The Hall–Kier alpha value is -3.82. The molecule has 0 aliphatic rings. The number of nitrogens with one attached hydrogen (secondary N) is 2. The largest absolute Gasteiger partial charge is 0.487 e. The van der Waals surface area contributed by atoms with E-state index in [0.29, 0.717) is 18.1 Å². The zero-order valence-electron chi connectivity index (χ0n) is 13.7. The summed E-state index contributed by atoms with van der Waals surface area (Å²) in [5.74, 6) is 0.0898. The first-order valence-corrected chi connectivity index (χ1v) is 7.65. The van der Waals surface area contributed by atoms with E-state index in [4.69, 9.17) is 4.74 Å². The van der Waals surface area contributed by atoms with Gasteiger partial charge in [-0.3, -0.25) is 14.9 Å². The van der Waals surface area contributed by atoms with Crippen molar-refractivity contribution in [3.63, 3.8) is 0 Å². The average molecular weight is 354 g/mol. The number of amides is 1. The second kappa shape index (κ2) is 7.38. The maximum Gasteiger partial charge on any atom is 0.311 e. The minimum atomic E-state index is -0.582. The van der Waals surface area contributed by atoms with Crippen LogP contribution in [0.15, 0.2) is 42.5 Å². The third kappa shape index (κ3) is 3.64. The molecule has 0 atom stereocenters. The van der Waals surface area contributed by atoms with E-state index in [1.807, 2.05) is 0 Å². The predicted molar refractivity (Wildman–Crippen MR) is 91.8 cm³/mol. The van der Waals surface area contributed by atoms with E-state index in [1.165, 1.54) is 18.2 Å². The number of aromatic nitrogens is 4. The van der Waals surface area contributed by atoms with E-state index in [0.717, 1.165) is 5.56 Å². The Bertz CT molecular complexity index is 924. The highest BCUT2D eigenvalue weighted by molar-refractivity contribution is 6.04. The fourth-order valence-corrected chi connectivity index (χ4v) is 2.27. The van der Waals surface area contributed by atoms with Gasteiger partial charge in [0.2, 0.25) is 5.82 Å². The number of nitro groups is 1. The van der Waals surface area contributed by atoms with Crippen molar-refractivity contribution in [3.05, 3.63) is 58.1 Å². The SMILES string of the molecule is CCOc1ccc(C(=O)Nc2ccc(-c3nn[nH]n3)cc2)cc1[N+](=O)[O-]. The minimum absolute atomic E-state index is 0.124. The number of hydrogen-bond acceptors (Lipinski definition) is 7. The van der Waals surface area contributed by atoms with E-state index >= 15 is 0 Å². The van der Waals surface area contributed by atoms with E-state index < -0.39 is 10.8 Å². The van der Waals surface area contributed by atoms with Gasteiger partial charge in [0.05, 0.1) is 11.5 Å². The van der Waals surface area contributed by atoms with Crippen LogP contribution >= 0.6 is 0 Å². The lowest BCUT2D eigenvalue weighted by Gasteiger charge is -2.08. The van der Waals surface area contributed by atoms with Gasteiger partial charge in [-0.25, -0.2) is 0 Å². The van der Waals surface area contributed by atoms with Gasteiger partial charge in [-0.05, 0) is 48.5 Å². The van der Waals surface area contributed by atoms with Crippen molar-refractivity contribution < 1.29 is 14.5 Å². The summed E-state index contributed by atoms with van der Waals surface area (Å²) in [6.07, 6.45) is 0. The summed E-state index contributed by atoms with van der Waals surface area (Å²) in [4.78, 5) is 22.9. The van der Waals surface area contributed by atoms with Gasteiger partial charge in [0.1, 0.15) is 0 Å². The number of anilines is 1. The number of rotatable bonds is 6. The molecule has 3 rings (SSSR count). The van der Waals surface area contributed by atoms with E-state index in [9.17, 15) is 14.9 Å². The number of carbonyl (C=O) groups is 1. The average Bonchev–Trinajstić information content (AvgIpc) is 3.17. The van der Waals surface area contributed by atoms with Crippen LogP contribution in [-0.2, 0) is 0 Å². The second-order valence-electron chi connectivity index (χ2n) is 5.14. The summed E-state index contributed by atoms with van der Waals surface area (Å²) < 4.78 is 5.21. The summed E-state index contributed by atoms with van der Waals surface area (Å²) in [7, 11) is 0. The lowest BCUT2D eigenvalue weighted by atomic mass is 10.1. The highest BCUT2D eigenvalue weighted by Gasteiger charge is 2.18. The molecule has 1 heterocycles. The molecule has 0 saturated heterocycles. The molecular formula is C16H14N6O4. The Labute approximate surface area is 147 Å². The third-order valence-electron chi connectivity index (χ3n) is 3.46. The topological polar surface area (TPSA) is 136 Å². The van der Waals surface area contributed by atoms with Crippen LogP contribution in [0, 0.1) is 10.1 Å². The second-order valence-corrected chi connectivity index (χ2v) is 5.14. The highest BCUT2D eigenvalue weighted by atomic mass is 16.6. The van der Waals surface area contributed by atoms with Crippen LogP contribution in [-0.4, -0.2) is 38.1 Å². The fourth-order valence-electron chi connectivity index (χ4n) is 2.27. The standard InChI is InChI=1S/C16H14N6O4/c1-2-26-14-8-5-11(9-13(14)22(24)25)16(23)17-12-6-3-10(4-7-12)15-18-20-21-19-15/h3-9H,2H2,1H3,(H,17,23)(H,18,19,20,21). The first kappa shape index (κ1) is 17.0. The van der Waals surface area contributed by atoms with Gasteiger partial charge in [-0.2, -0.15) is 5.21 Å². The molecule has 0 aliphatic carbocycles. The molecule has 0 saturated carbocycles. The number of benzene rings is 2. The van der Waals surface area contributed by atoms with Crippen LogP contribution in [0.3, 0.4) is 0 Å². The van der Waals surface area contributed by atoms with Crippen molar-refractivity contribution >= 4 is 17.3 Å². The molecular weight excluding hydrogens is 340 g/mol. The maximum atomic E-state index is 12.4. The van der Waals surface area contributed by atoms with E-state index in [1.54, 1.807) is 31.2 Å². The zero-order chi connectivity index (χ0) is 18.5. The molecule has 26 heavy (non-hydrogen) atoms. The number of nitro benzene ring substituents is 1. The van der Waals surface area contributed by atoms with Crippen LogP contribution in [0.1, 0.15) is 17.3 Å². The molecule has 10 nitrogen and oxygen atoms in total. The van der Waals surface area contributed by atoms with Gasteiger partial charge in [0.25, 0.3) is 5.91 Å². The van der Waals surface area contributed by atoms with Crippen molar-refractivity contribution in [2.24, 2.45) is 0 Å². The monoisotopic (exact) mass is 354 g/mol. The van der Waals surface area contributed by atoms with Gasteiger partial charge < -0.3 is 10.1 Å². The number of tetrazole rings is 1. The molecule has 2 aromatic carbocycles. The van der Waals surface area contributed by atoms with Crippen LogP contribution in [0.4, 0.5) is 11.4 Å². The summed E-state index contributed by atoms with van der Waals surface area (Å²) in [5, 5.41) is 27.4. The molecule has 2 N–H and O–H groups in total. The number of nitrogens with zero attached hydrogens (tertiary/aromatic N) is 4. The number of H-pyrrole nitrogens is 1. The smallest absolute Gasteiger partial charge is 0.311 e. The van der Waals surface area contributed by atoms with Gasteiger partial charge in [-0.15, -0.1) is 10.2 Å². The molecule has 0 spiro atoms. The number of carbonyl (C=O) groups excluding carboxylic acids is 1. The van der Waals surface area contributed by atoms with Gasteiger partial charge in [0, 0.05) is 22.9 Å². The van der Waals surface area contributed by atoms with Gasteiger partial charge >= 0.3 is 5.69 Å². The molecule has 0 radical (unpaired) electrons. The number of ether oxygens (including phenoxy) is 1. The number of hydrogen-bond donors (Lipinski definition) is 2. The first-order valence-electron chi connectivity index (χ1n) is 7.65. The highest BCUT2D eigenvalue weighted by Crippen LogP contribution is 2.28. The molecule has 3 aromatic rings. The normalized spacial score (nSPS) is 10.3. The molecule has 1 amide bonds. The van der Waals surface area contributed by atoms with E-state index in [-0.39, 0.29) is 17.0 Å². The Morgan fingerprint density at radius 3 is 2.65 bits per heavy atom. The molecule has 10 heteroatoms. The predicted octanol–water partition coefficient (Wildman–Crippen LogP) is 2.43. The van der Waals surface area contributed by atoms with Crippen molar-refractivity contribution in [2.75, 3.05) is 11.9 Å². The Balaban J connectivity index is 1.77. The minimum Gasteiger partial charge on any atom is -0.487 e. The fraction of sp³-hybridized carbons (Fsp3) is 0.125.